The molecular weight excluding hydrogens is 389 g/mol. The summed E-state index contributed by atoms with van der Waals surface area (Å²) in [5, 5.41) is 9.04. The van der Waals surface area contributed by atoms with E-state index in [0.717, 1.165) is 23.1 Å². The summed E-state index contributed by atoms with van der Waals surface area (Å²) in [7, 11) is 1.88. The van der Waals surface area contributed by atoms with E-state index in [0.29, 0.717) is 31.9 Å². The number of hydrogen-bond donors (Lipinski definition) is 1. The second kappa shape index (κ2) is 7.31. The zero-order valence-corrected chi connectivity index (χ0v) is 15.9. The third-order valence-corrected chi connectivity index (χ3v) is 5.68. The van der Waals surface area contributed by atoms with E-state index in [1.165, 1.54) is 11.3 Å². The number of carbonyl (C=O) groups excluding carboxylic acids is 1. The number of halogens is 3. The van der Waals surface area contributed by atoms with E-state index >= 15 is 0 Å². The molecule has 1 N–H and O–H groups in total. The summed E-state index contributed by atoms with van der Waals surface area (Å²) in [6.45, 7) is 0.562. The molecule has 1 aromatic carbocycles. The summed E-state index contributed by atoms with van der Waals surface area (Å²) >= 11 is 19.8. The Labute approximate surface area is 158 Å². The lowest BCUT2D eigenvalue weighted by Crippen LogP contribution is -2.24. The van der Waals surface area contributed by atoms with E-state index in [1.54, 1.807) is 16.8 Å². The number of carbonyl (C=O) groups is 1. The van der Waals surface area contributed by atoms with Gasteiger partial charge in [-0.3, -0.25) is 9.48 Å². The monoisotopic (exact) mass is 401 g/mol. The summed E-state index contributed by atoms with van der Waals surface area (Å²) in [5.41, 5.74) is 1.15. The van der Waals surface area contributed by atoms with Crippen LogP contribution in [0, 0.1) is 0 Å². The molecule has 0 saturated heterocycles. The van der Waals surface area contributed by atoms with Crippen LogP contribution in [0.15, 0.2) is 24.5 Å². The van der Waals surface area contributed by atoms with Crippen LogP contribution in [0.1, 0.15) is 21.7 Å². The van der Waals surface area contributed by atoms with Gasteiger partial charge in [0.05, 0.1) is 16.2 Å². The van der Waals surface area contributed by atoms with Crippen molar-refractivity contribution in [3.05, 3.63) is 50.0 Å². The highest BCUT2D eigenvalue weighted by molar-refractivity contribution is 7.21. The van der Waals surface area contributed by atoms with Crippen molar-refractivity contribution in [2.45, 2.75) is 12.8 Å². The number of aromatic nitrogens is 2. The van der Waals surface area contributed by atoms with Crippen molar-refractivity contribution in [2.24, 2.45) is 7.05 Å². The second-order valence-electron chi connectivity index (χ2n) is 5.39. The van der Waals surface area contributed by atoms with Crippen LogP contribution in [0.3, 0.4) is 0 Å². The maximum absolute atomic E-state index is 12.4. The van der Waals surface area contributed by atoms with Gasteiger partial charge in [-0.15, -0.1) is 11.3 Å². The Morgan fingerprint density at radius 2 is 2.12 bits per heavy atom. The predicted octanol–water partition coefficient (Wildman–Crippen LogP) is 4.96. The van der Waals surface area contributed by atoms with Crippen molar-refractivity contribution >= 4 is 62.1 Å². The van der Waals surface area contributed by atoms with Crippen molar-refractivity contribution in [1.82, 2.24) is 15.1 Å². The lowest BCUT2D eigenvalue weighted by molar-refractivity contribution is 0.0957. The number of thiophene rings is 1. The van der Waals surface area contributed by atoms with Crippen molar-refractivity contribution < 1.29 is 4.79 Å². The molecule has 0 saturated carbocycles. The van der Waals surface area contributed by atoms with Gasteiger partial charge in [-0.1, -0.05) is 34.8 Å². The number of aryl methyl sites for hydroxylation is 2. The molecule has 2 heterocycles. The van der Waals surface area contributed by atoms with E-state index < -0.39 is 0 Å². The number of amides is 1. The van der Waals surface area contributed by atoms with E-state index in [-0.39, 0.29) is 5.91 Å². The number of hydrogen-bond acceptors (Lipinski definition) is 3. The van der Waals surface area contributed by atoms with Gasteiger partial charge >= 0.3 is 0 Å². The van der Waals surface area contributed by atoms with E-state index in [1.807, 2.05) is 19.4 Å². The van der Waals surface area contributed by atoms with Gasteiger partial charge in [0.1, 0.15) is 4.88 Å². The number of nitrogens with one attached hydrogen (secondary N) is 1. The second-order valence-corrected chi connectivity index (χ2v) is 7.66. The molecule has 1 amide bonds. The quantitative estimate of drug-likeness (QED) is 0.613. The van der Waals surface area contributed by atoms with Gasteiger partial charge in [0.15, 0.2) is 0 Å². The van der Waals surface area contributed by atoms with Crippen LogP contribution < -0.4 is 5.32 Å². The molecule has 8 heteroatoms. The van der Waals surface area contributed by atoms with Gasteiger partial charge in [-0.25, -0.2) is 0 Å². The minimum absolute atomic E-state index is 0.195. The maximum atomic E-state index is 12.4. The minimum atomic E-state index is -0.195. The Morgan fingerprint density at radius 3 is 2.83 bits per heavy atom. The fraction of sp³-hybridized carbons (Fsp3) is 0.250. The SMILES string of the molecule is Cn1cc(CCCNC(=O)c2sc3cc(Cl)cc(Cl)c3c2Cl)cn1. The van der Waals surface area contributed by atoms with Gasteiger partial charge < -0.3 is 5.32 Å². The molecular formula is C16H14Cl3N3OS. The molecule has 0 aliphatic carbocycles. The first-order valence-electron chi connectivity index (χ1n) is 7.28. The molecule has 0 atom stereocenters. The Kier molecular flexibility index (Phi) is 5.35. The van der Waals surface area contributed by atoms with E-state index in [4.69, 9.17) is 34.8 Å². The van der Waals surface area contributed by atoms with Gasteiger partial charge in [0.25, 0.3) is 5.91 Å². The van der Waals surface area contributed by atoms with Gasteiger partial charge in [-0.2, -0.15) is 5.10 Å². The normalized spacial score (nSPS) is 11.2. The lowest BCUT2D eigenvalue weighted by atomic mass is 10.2. The highest BCUT2D eigenvalue weighted by Crippen LogP contribution is 2.41. The Hall–Kier alpha value is -1.27. The molecule has 3 rings (SSSR count). The molecule has 0 unspecified atom stereocenters. The molecule has 0 aliphatic heterocycles. The summed E-state index contributed by atoms with van der Waals surface area (Å²) in [4.78, 5) is 12.8. The predicted molar refractivity (Wildman–Crippen MR) is 101 cm³/mol. The van der Waals surface area contributed by atoms with Crippen LogP contribution in [0.25, 0.3) is 10.1 Å². The van der Waals surface area contributed by atoms with Crippen molar-refractivity contribution in [1.29, 1.82) is 0 Å². The van der Waals surface area contributed by atoms with Crippen LogP contribution in [0.2, 0.25) is 15.1 Å². The van der Waals surface area contributed by atoms with Crippen LogP contribution in [0.5, 0.6) is 0 Å². The molecule has 3 aromatic rings. The number of rotatable bonds is 5. The van der Waals surface area contributed by atoms with E-state index in [9.17, 15) is 4.79 Å². The standard InChI is InChI=1S/C16H14Cl3N3OS/c1-22-8-9(7-21-22)3-2-4-20-16(23)15-14(19)13-11(18)5-10(17)6-12(13)24-15/h5-8H,2-4H2,1H3,(H,20,23). The maximum Gasteiger partial charge on any atom is 0.262 e. The molecule has 0 bridgehead atoms. The number of fused-ring (bicyclic) bond motifs is 1. The summed E-state index contributed by atoms with van der Waals surface area (Å²) in [5.74, 6) is -0.195. The molecule has 0 fully saturated rings. The zero-order chi connectivity index (χ0) is 17.3. The highest BCUT2D eigenvalue weighted by atomic mass is 35.5. The first-order chi connectivity index (χ1) is 11.5. The Balaban J connectivity index is 1.65. The van der Waals surface area contributed by atoms with Crippen molar-refractivity contribution in [3.8, 4) is 0 Å². The summed E-state index contributed by atoms with van der Waals surface area (Å²) in [6.07, 6.45) is 5.48. The van der Waals surface area contributed by atoms with Crippen molar-refractivity contribution in [2.75, 3.05) is 6.54 Å². The molecule has 0 aliphatic rings. The molecule has 0 radical (unpaired) electrons. The lowest BCUT2D eigenvalue weighted by Gasteiger charge is -2.03. The largest absolute Gasteiger partial charge is 0.351 e. The molecule has 126 valence electrons. The first kappa shape index (κ1) is 17.5. The van der Waals surface area contributed by atoms with Gasteiger partial charge in [-0.05, 0) is 30.5 Å². The minimum Gasteiger partial charge on any atom is -0.351 e. The first-order valence-corrected chi connectivity index (χ1v) is 9.23. The third kappa shape index (κ3) is 3.70. The zero-order valence-electron chi connectivity index (χ0n) is 12.8. The Morgan fingerprint density at radius 1 is 1.33 bits per heavy atom. The number of nitrogens with zero attached hydrogens (tertiary/aromatic N) is 2. The molecule has 24 heavy (non-hydrogen) atoms. The van der Waals surface area contributed by atoms with Gasteiger partial charge in [0, 0.05) is 34.9 Å². The van der Waals surface area contributed by atoms with Crippen LogP contribution in [0.4, 0.5) is 0 Å². The number of benzene rings is 1. The molecule has 4 nitrogen and oxygen atoms in total. The van der Waals surface area contributed by atoms with E-state index in [2.05, 4.69) is 10.4 Å². The fourth-order valence-electron chi connectivity index (χ4n) is 2.43. The molecule has 0 spiro atoms. The molecule has 2 aromatic heterocycles. The van der Waals surface area contributed by atoms with Crippen LogP contribution >= 0.6 is 46.1 Å². The Bertz CT molecular complexity index is 903. The van der Waals surface area contributed by atoms with Crippen LogP contribution in [-0.2, 0) is 13.5 Å². The summed E-state index contributed by atoms with van der Waals surface area (Å²) in [6, 6.07) is 3.39. The smallest absolute Gasteiger partial charge is 0.262 e. The fourth-order valence-corrected chi connectivity index (χ4v) is 4.73. The highest BCUT2D eigenvalue weighted by Gasteiger charge is 2.19. The van der Waals surface area contributed by atoms with Crippen molar-refractivity contribution in [3.63, 3.8) is 0 Å². The third-order valence-electron chi connectivity index (χ3n) is 3.54. The topological polar surface area (TPSA) is 46.9 Å². The van der Waals surface area contributed by atoms with Gasteiger partial charge in [0.2, 0.25) is 0 Å². The summed E-state index contributed by atoms with van der Waals surface area (Å²) < 4.78 is 2.57. The average molecular weight is 403 g/mol. The van der Waals surface area contributed by atoms with Crippen LogP contribution in [-0.4, -0.2) is 22.2 Å². The average Bonchev–Trinajstić information content (AvgIpc) is 3.07.